The Balaban J connectivity index is 1.78. The van der Waals surface area contributed by atoms with E-state index in [1.807, 2.05) is 30.3 Å². The highest BCUT2D eigenvalue weighted by molar-refractivity contribution is 5.13. The standard InChI is InChI=1S/C14H19N3O3/c1-19-11-14(18)13-9-15-16-17(13)7-8-20-10-12-5-3-2-4-6-12/h2-6,9,14,18H,7-8,10-11H2,1H3. The van der Waals surface area contributed by atoms with E-state index in [4.69, 9.17) is 9.47 Å². The van der Waals surface area contributed by atoms with Gasteiger partial charge in [-0.3, -0.25) is 0 Å². The van der Waals surface area contributed by atoms with Gasteiger partial charge in [0.2, 0.25) is 0 Å². The van der Waals surface area contributed by atoms with Crippen LogP contribution in [0.1, 0.15) is 17.4 Å². The molecular formula is C14H19N3O3. The van der Waals surface area contributed by atoms with Gasteiger partial charge < -0.3 is 14.6 Å². The molecule has 0 aliphatic rings. The number of nitrogens with zero attached hydrogens (tertiary/aromatic N) is 3. The van der Waals surface area contributed by atoms with Crippen LogP contribution in [-0.4, -0.2) is 40.4 Å². The first-order chi connectivity index (χ1) is 9.81. The van der Waals surface area contributed by atoms with Crippen molar-refractivity contribution in [2.75, 3.05) is 20.3 Å². The fraction of sp³-hybridized carbons (Fsp3) is 0.429. The van der Waals surface area contributed by atoms with Crippen molar-refractivity contribution in [1.82, 2.24) is 15.0 Å². The first kappa shape index (κ1) is 14.6. The van der Waals surface area contributed by atoms with Gasteiger partial charge in [0.25, 0.3) is 0 Å². The maximum atomic E-state index is 9.86. The lowest BCUT2D eigenvalue weighted by molar-refractivity contribution is 0.0556. The Bertz CT molecular complexity index is 501. The maximum Gasteiger partial charge on any atom is 0.120 e. The van der Waals surface area contributed by atoms with Gasteiger partial charge in [-0.15, -0.1) is 5.10 Å². The largest absolute Gasteiger partial charge is 0.384 e. The second-order valence-electron chi connectivity index (χ2n) is 4.39. The highest BCUT2D eigenvalue weighted by Crippen LogP contribution is 2.11. The molecule has 6 heteroatoms. The number of methoxy groups -OCH3 is 1. The third-order valence-corrected chi connectivity index (χ3v) is 2.87. The molecule has 0 spiro atoms. The summed E-state index contributed by atoms with van der Waals surface area (Å²) in [7, 11) is 1.54. The lowest BCUT2D eigenvalue weighted by atomic mass is 10.2. The van der Waals surface area contributed by atoms with Gasteiger partial charge in [-0.05, 0) is 5.56 Å². The average molecular weight is 277 g/mol. The van der Waals surface area contributed by atoms with Crippen molar-refractivity contribution in [3.8, 4) is 0 Å². The van der Waals surface area contributed by atoms with Crippen molar-refractivity contribution < 1.29 is 14.6 Å². The number of rotatable bonds is 8. The van der Waals surface area contributed by atoms with Gasteiger partial charge >= 0.3 is 0 Å². The van der Waals surface area contributed by atoms with E-state index in [1.165, 1.54) is 0 Å². The molecule has 6 nitrogen and oxygen atoms in total. The summed E-state index contributed by atoms with van der Waals surface area (Å²) in [4.78, 5) is 0. The van der Waals surface area contributed by atoms with Crippen molar-refractivity contribution >= 4 is 0 Å². The summed E-state index contributed by atoms with van der Waals surface area (Å²) in [5.74, 6) is 0. The predicted molar refractivity (Wildman–Crippen MR) is 73.0 cm³/mol. The number of aromatic nitrogens is 3. The second-order valence-corrected chi connectivity index (χ2v) is 4.39. The van der Waals surface area contributed by atoms with E-state index in [0.717, 1.165) is 5.56 Å². The SMILES string of the molecule is COCC(O)c1cnnn1CCOCc1ccccc1. The Kier molecular flexibility index (Phi) is 5.67. The molecule has 0 fully saturated rings. The minimum atomic E-state index is -0.718. The third-order valence-electron chi connectivity index (χ3n) is 2.87. The number of benzene rings is 1. The molecule has 20 heavy (non-hydrogen) atoms. The van der Waals surface area contributed by atoms with Crippen molar-refractivity contribution in [1.29, 1.82) is 0 Å². The average Bonchev–Trinajstić information content (AvgIpc) is 2.93. The van der Waals surface area contributed by atoms with Crippen molar-refractivity contribution in [3.63, 3.8) is 0 Å². The summed E-state index contributed by atoms with van der Waals surface area (Å²) in [5.41, 5.74) is 1.76. The first-order valence-corrected chi connectivity index (χ1v) is 6.48. The summed E-state index contributed by atoms with van der Waals surface area (Å²) < 4.78 is 12.1. The molecule has 1 atom stereocenters. The Morgan fingerprint density at radius 1 is 1.30 bits per heavy atom. The fourth-order valence-electron chi connectivity index (χ4n) is 1.86. The molecule has 1 aromatic carbocycles. The molecule has 0 saturated heterocycles. The Morgan fingerprint density at radius 2 is 2.10 bits per heavy atom. The molecule has 2 rings (SSSR count). The lowest BCUT2D eigenvalue weighted by Gasteiger charge is -2.11. The summed E-state index contributed by atoms with van der Waals surface area (Å²) in [5, 5.41) is 17.6. The van der Waals surface area contributed by atoms with Gasteiger partial charge in [-0.1, -0.05) is 35.5 Å². The monoisotopic (exact) mass is 277 g/mol. The minimum Gasteiger partial charge on any atom is -0.384 e. The van der Waals surface area contributed by atoms with E-state index in [2.05, 4.69) is 10.3 Å². The fourth-order valence-corrected chi connectivity index (χ4v) is 1.86. The zero-order valence-corrected chi connectivity index (χ0v) is 11.5. The third kappa shape index (κ3) is 4.12. The molecule has 0 bridgehead atoms. The van der Waals surface area contributed by atoms with Crippen LogP contribution in [0.15, 0.2) is 36.5 Å². The summed E-state index contributed by atoms with van der Waals surface area (Å²) in [6, 6.07) is 9.97. The number of hydrogen-bond acceptors (Lipinski definition) is 5. The van der Waals surface area contributed by atoms with E-state index in [1.54, 1.807) is 18.0 Å². The normalized spacial score (nSPS) is 12.5. The highest BCUT2D eigenvalue weighted by Gasteiger charge is 2.13. The van der Waals surface area contributed by atoms with Crippen LogP contribution in [0.5, 0.6) is 0 Å². The quantitative estimate of drug-likeness (QED) is 0.734. The van der Waals surface area contributed by atoms with Gasteiger partial charge in [0, 0.05) is 7.11 Å². The van der Waals surface area contributed by atoms with Crippen LogP contribution < -0.4 is 0 Å². The molecule has 1 heterocycles. The van der Waals surface area contributed by atoms with Crippen LogP contribution in [0, 0.1) is 0 Å². The van der Waals surface area contributed by atoms with Gasteiger partial charge in [0.15, 0.2) is 0 Å². The number of ether oxygens (including phenoxy) is 2. The molecule has 0 radical (unpaired) electrons. The second kappa shape index (κ2) is 7.74. The summed E-state index contributed by atoms with van der Waals surface area (Å²) >= 11 is 0. The predicted octanol–water partition coefficient (Wildman–Crippen LogP) is 1.17. The van der Waals surface area contributed by atoms with Crippen LogP contribution >= 0.6 is 0 Å². The smallest absolute Gasteiger partial charge is 0.120 e. The number of aliphatic hydroxyl groups is 1. The summed E-state index contributed by atoms with van der Waals surface area (Å²) in [6.45, 7) is 1.83. The molecule has 108 valence electrons. The van der Waals surface area contributed by atoms with E-state index in [9.17, 15) is 5.11 Å². The molecule has 0 aliphatic carbocycles. The molecule has 1 N–H and O–H groups in total. The lowest BCUT2D eigenvalue weighted by Crippen LogP contribution is -2.15. The van der Waals surface area contributed by atoms with Crippen molar-refractivity contribution in [3.05, 3.63) is 47.8 Å². The Morgan fingerprint density at radius 3 is 2.85 bits per heavy atom. The molecule has 0 amide bonds. The van der Waals surface area contributed by atoms with Crippen LogP contribution in [0.3, 0.4) is 0 Å². The van der Waals surface area contributed by atoms with Gasteiger partial charge in [-0.2, -0.15) is 0 Å². The van der Waals surface area contributed by atoms with Crippen molar-refractivity contribution in [2.24, 2.45) is 0 Å². The molecular weight excluding hydrogens is 258 g/mol. The maximum absolute atomic E-state index is 9.86. The number of aliphatic hydroxyl groups excluding tert-OH is 1. The molecule has 1 unspecified atom stereocenters. The van der Waals surface area contributed by atoms with Crippen molar-refractivity contribution in [2.45, 2.75) is 19.3 Å². The van der Waals surface area contributed by atoms with E-state index >= 15 is 0 Å². The molecule has 0 saturated carbocycles. The van der Waals surface area contributed by atoms with Crippen LogP contribution in [0.4, 0.5) is 0 Å². The molecule has 1 aromatic heterocycles. The molecule has 2 aromatic rings. The zero-order valence-electron chi connectivity index (χ0n) is 11.5. The van der Waals surface area contributed by atoms with Crippen LogP contribution in [0.2, 0.25) is 0 Å². The van der Waals surface area contributed by atoms with Gasteiger partial charge in [-0.25, -0.2) is 4.68 Å². The van der Waals surface area contributed by atoms with E-state index < -0.39 is 6.10 Å². The molecule has 0 aliphatic heterocycles. The minimum absolute atomic E-state index is 0.220. The van der Waals surface area contributed by atoms with Crippen LogP contribution in [0.25, 0.3) is 0 Å². The Labute approximate surface area is 117 Å². The number of hydrogen-bond donors (Lipinski definition) is 1. The Hall–Kier alpha value is -1.76. The van der Waals surface area contributed by atoms with E-state index in [-0.39, 0.29) is 6.61 Å². The van der Waals surface area contributed by atoms with Crippen LogP contribution in [-0.2, 0) is 22.6 Å². The van der Waals surface area contributed by atoms with Gasteiger partial charge in [0.05, 0.1) is 38.3 Å². The summed E-state index contributed by atoms with van der Waals surface area (Å²) in [6.07, 6.45) is 0.824. The zero-order chi connectivity index (χ0) is 14.2. The highest BCUT2D eigenvalue weighted by atomic mass is 16.5. The topological polar surface area (TPSA) is 69.4 Å². The first-order valence-electron chi connectivity index (χ1n) is 6.48. The van der Waals surface area contributed by atoms with E-state index in [0.29, 0.717) is 25.5 Å². The van der Waals surface area contributed by atoms with Gasteiger partial charge in [0.1, 0.15) is 6.10 Å².